The molecule has 0 saturated heterocycles. The molecule has 0 aliphatic carbocycles. The quantitative estimate of drug-likeness (QED) is 0.541. The molecular formula is C20H23N3O7. The Kier molecular flexibility index (Phi) is 5.08. The van der Waals surface area contributed by atoms with Gasteiger partial charge in [-0.1, -0.05) is 6.92 Å². The number of carbonyl (C=O) groups is 1. The van der Waals surface area contributed by atoms with E-state index in [9.17, 15) is 9.90 Å². The van der Waals surface area contributed by atoms with Crippen molar-refractivity contribution in [1.29, 1.82) is 0 Å². The van der Waals surface area contributed by atoms with Crippen LogP contribution in [-0.2, 0) is 0 Å². The van der Waals surface area contributed by atoms with E-state index in [0.29, 0.717) is 17.2 Å². The maximum atomic E-state index is 11.2. The molecular weight excluding hydrogens is 394 g/mol. The van der Waals surface area contributed by atoms with Crippen molar-refractivity contribution in [2.45, 2.75) is 19.1 Å². The zero-order valence-corrected chi connectivity index (χ0v) is 16.7. The van der Waals surface area contributed by atoms with Gasteiger partial charge in [-0.15, -0.1) is 0 Å². The minimum atomic E-state index is -0.730. The fraction of sp³-hybridized carbons (Fsp3) is 0.350. The summed E-state index contributed by atoms with van der Waals surface area (Å²) in [6.07, 6.45) is -0.596. The Morgan fingerprint density at radius 1 is 1.10 bits per heavy atom. The number of nitrogens with one attached hydrogen (secondary N) is 2. The van der Waals surface area contributed by atoms with Crippen molar-refractivity contribution >= 4 is 6.03 Å². The number of methoxy groups -OCH3 is 2. The van der Waals surface area contributed by atoms with Gasteiger partial charge in [0.15, 0.2) is 29.2 Å². The van der Waals surface area contributed by atoms with Crippen LogP contribution in [0.1, 0.15) is 24.0 Å². The summed E-state index contributed by atoms with van der Waals surface area (Å²) in [4.78, 5) is 11.2. The third-order valence-corrected chi connectivity index (χ3v) is 5.30. The lowest BCUT2D eigenvalue weighted by molar-refractivity contribution is 0.0691. The molecule has 0 bridgehead atoms. The Hall–Kier alpha value is -3.53. The SMILES string of the molecule is COc1cc([C@H]2c3cc4c(cc3O[C@H](NNC(N)=O)[C@@H]2C)OCO4)cc(OC)c1O. The molecule has 0 aromatic heterocycles. The minimum absolute atomic E-state index is 0.0838. The molecule has 2 aliphatic heterocycles. The lowest BCUT2D eigenvalue weighted by Crippen LogP contribution is -2.54. The molecule has 3 atom stereocenters. The average Bonchev–Trinajstić information content (AvgIpc) is 3.18. The van der Waals surface area contributed by atoms with E-state index in [0.717, 1.165) is 11.1 Å². The van der Waals surface area contributed by atoms with Crippen LogP contribution in [0.4, 0.5) is 4.79 Å². The maximum Gasteiger partial charge on any atom is 0.326 e. The van der Waals surface area contributed by atoms with Gasteiger partial charge in [-0.25, -0.2) is 4.79 Å². The number of hydrogen-bond donors (Lipinski definition) is 4. The van der Waals surface area contributed by atoms with Crippen LogP contribution in [0.3, 0.4) is 0 Å². The number of aromatic hydroxyl groups is 1. The van der Waals surface area contributed by atoms with Gasteiger partial charge >= 0.3 is 6.03 Å². The lowest BCUT2D eigenvalue weighted by atomic mass is 9.78. The van der Waals surface area contributed by atoms with E-state index in [1.807, 2.05) is 13.0 Å². The molecule has 0 radical (unpaired) electrons. The Balaban J connectivity index is 1.83. The van der Waals surface area contributed by atoms with E-state index >= 15 is 0 Å². The number of phenolic OH excluding ortho intramolecular Hbond substituents is 1. The number of amides is 2. The second kappa shape index (κ2) is 7.71. The first-order valence-electron chi connectivity index (χ1n) is 9.29. The number of primary amides is 1. The van der Waals surface area contributed by atoms with Crippen LogP contribution in [0.25, 0.3) is 0 Å². The van der Waals surface area contributed by atoms with E-state index in [1.165, 1.54) is 14.2 Å². The Morgan fingerprint density at radius 3 is 2.33 bits per heavy atom. The van der Waals surface area contributed by atoms with Crippen LogP contribution >= 0.6 is 0 Å². The summed E-state index contributed by atoms with van der Waals surface area (Å²) in [5.74, 6) is 1.84. The molecule has 2 aromatic carbocycles. The maximum absolute atomic E-state index is 11.2. The highest BCUT2D eigenvalue weighted by Crippen LogP contribution is 2.50. The molecule has 160 valence electrons. The Labute approximate surface area is 172 Å². The van der Waals surface area contributed by atoms with Crippen molar-refractivity contribution < 1.29 is 33.6 Å². The summed E-state index contributed by atoms with van der Waals surface area (Å²) < 4.78 is 27.7. The molecule has 4 rings (SSSR count). The summed E-state index contributed by atoms with van der Waals surface area (Å²) in [6, 6.07) is 6.40. The summed E-state index contributed by atoms with van der Waals surface area (Å²) in [5, 5.41) is 10.3. The summed E-state index contributed by atoms with van der Waals surface area (Å²) in [7, 11) is 2.94. The normalized spacial score (nSPS) is 21.4. The molecule has 0 unspecified atom stereocenters. The van der Waals surface area contributed by atoms with Crippen LogP contribution in [0, 0.1) is 5.92 Å². The van der Waals surface area contributed by atoms with Crippen LogP contribution < -0.4 is 40.3 Å². The standard InChI is InChI=1S/C20H23N3O7/c1-9-17(10-4-15(26-2)18(24)16(5-10)27-3)11-6-13-14(29-8-28-13)7-12(11)30-19(9)22-23-20(21)25/h4-7,9,17,19,22,24H,8H2,1-3H3,(H3,21,23,25)/t9-,17+,19+/m1/s1. The third-order valence-electron chi connectivity index (χ3n) is 5.30. The molecule has 2 aromatic rings. The van der Waals surface area contributed by atoms with Gasteiger partial charge in [0.25, 0.3) is 0 Å². The fourth-order valence-corrected chi connectivity index (χ4v) is 3.87. The van der Waals surface area contributed by atoms with Crippen LogP contribution in [0.2, 0.25) is 0 Å². The Bertz CT molecular complexity index is 956. The van der Waals surface area contributed by atoms with Gasteiger partial charge in [0.05, 0.1) is 14.2 Å². The predicted octanol–water partition coefficient (Wildman–Crippen LogP) is 1.80. The first-order chi connectivity index (χ1) is 14.4. The number of phenols is 1. The van der Waals surface area contributed by atoms with Crippen LogP contribution in [0.15, 0.2) is 24.3 Å². The number of urea groups is 1. The first kappa shape index (κ1) is 19.8. The monoisotopic (exact) mass is 417 g/mol. The van der Waals surface area contributed by atoms with Gasteiger partial charge in [0.1, 0.15) is 5.75 Å². The van der Waals surface area contributed by atoms with Gasteiger partial charge in [-0.3, -0.25) is 5.43 Å². The van der Waals surface area contributed by atoms with E-state index in [4.69, 9.17) is 29.4 Å². The van der Waals surface area contributed by atoms with Crippen molar-refractivity contribution in [1.82, 2.24) is 10.9 Å². The number of ether oxygens (including phenoxy) is 5. The number of hydrogen-bond acceptors (Lipinski definition) is 8. The molecule has 0 spiro atoms. The van der Waals surface area contributed by atoms with Crippen LogP contribution in [0.5, 0.6) is 34.5 Å². The van der Waals surface area contributed by atoms with Crippen molar-refractivity contribution in [2.24, 2.45) is 11.7 Å². The van der Waals surface area contributed by atoms with Crippen molar-refractivity contribution in [3.05, 3.63) is 35.4 Å². The number of rotatable bonds is 5. The molecule has 5 N–H and O–H groups in total. The average molecular weight is 417 g/mol. The zero-order chi connectivity index (χ0) is 21.4. The topological polar surface area (TPSA) is 134 Å². The minimum Gasteiger partial charge on any atom is -0.502 e. The highest BCUT2D eigenvalue weighted by Gasteiger charge is 2.39. The highest BCUT2D eigenvalue weighted by molar-refractivity contribution is 5.71. The number of hydrazine groups is 1. The molecule has 30 heavy (non-hydrogen) atoms. The summed E-state index contributed by atoms with van der Waals surface area (Å²) >= 11 is 0. The smallest absolute Gasteiger partial charge is 0.326 e. The van der Waals surface area contributed by atoms with Crippen molar-refractivity contribution in [3.8, 4) is 34.5 Å². The number of fused-ring (bicyclic) bond motifs is 2. The molecule has 10 nitrogen and oxygen atoms in total. The highest BCUT2D eigenvalue weighted by atomic mass is 16.7. The summed E-state index contributed by atoms with van der Waals surface area (Å²) in [5.41, 5.74) is 12.1. The van der Waals surface area contributed by atoms with E-state index in [-0.39, 0.29) is 35.9 Å². The molecule has 10 heteroatoms. The number of nitrogens with two attached hydrogens (primary N) is 1. The molecule has 2 amide bonds. The van der Waals surface area contributed by atoms with Crippen molar-refractivity contribution in [3.63, 3.8) is 0 Å². The van der Waals surface area contributed by atoms with Gasteiger partial charge in [0, 0.05) is 23.5 Å². The third kappa shape index (κ3) is 3.35. The van der Waals surface area contributed by atoms with E-state index in [2.05, 4.69) is 10.9 Å². The number of benzene rings is 2. The molecule has 0 saturated carbocycles. The number of carbonyl (C=O) groups excluding carboxylic acids is 1. The van der Waals surface area contributed by atoms with Gasteiger partial charge in [-0.2, -0.15) is 5.43 Å². The van der Waals surface area contributed by atoms with E-state index < -0.39 is 12.3 Å². The second-order valence-corrected chi connectivity index (χ2v) is 7.03. The lowest BCUT2D eigenvalue weighted by Gasteiger charge is -2.38. The molecule has 2 aliphatic rings. The van der Waals surface area contributed by atoms with E-state index in [1.54, 1.807) is 18.2 Å². The van der Waals surface area contributed by atoms with Gasteiger partial charge in [0.2, 0.25) is 12.5 Å². The predicted molar refractivity (Wildman–Crippen MR) is 105 cm³/mol. The van der Waals surface area contributed by atoms with Crippen molar-refractivity contribution in [2.75, 3.05) is 21.0 Å². The fourth-order valence-electron chi connectivity index (χ4n) is 3.87. The second-order valence-electron chi connectivity index (χ2n) is 7.03. The Morgan fingerprint density at radius 2 is 1.73 bits per heavy atom. The van der Waals surface area contributed by atoms with Gasteiger partial charge in [-0.05, 0) is 23.8 Å². The summed E-state index contributed by atoms with van der Waals surface area (Å²) in [6.45, 7) is 2.09. The molecule has 2 heterocycles. The first-order valence-corrected chi connectivity index (χ1v) is 9.29. The van der Waals surface area contributed by atoms with Gasteiger partial charge < -0.3 is 34.5 Å². The largest absolute Gasteiger partial charge is 0.502 e. The molecule has 0 fully saturated rings. The zero-order valence-electron chi connectivity index (χ0n) is 16.7. The van der Waals surface area contributed by atoms with Crippen LogP contribution in [-0.4, -0.2) is 38.4 Å².